The van der Waals surface area contributed by atoms with Crippen molar-refractivity contribution in [3.63, 3.8) is 0 Å². The Labute approximate surface area is 184 Å². The zero-order valence-corrected chi connectivity index (χ0v) is 18.2. The Hall–Kier alpha value is -3.20. The van der Waals surface area contributed by atoms with Crippen LogP contribution in [-0.4, -0.2) is 49.0 Å². The van der Waals surface area contributed by atoms with Crippen LogP contribution in [0.2, 0.25) is 0 Å². The Kier molecular flexibility index (Phi) is 5.77. The third-order valence-corrected chi connectivity index (χ3v) is 6.09. The van der Waals surface area contributed by atoms with Crippen LogP contribution in [0.1, 0.15) is 38.9 Å². The molecule has 2 atom stereocenters. The molecule has 1 saturated carbocycles. The van der Waals surface area contributed by atoms with Crippen LogP contribution in [0.25, 0.3) is 23.0 Å². The van der Waals surface area contributed by atoms with Crippen molar-refractivity contribution in [3.8, 4) is 22.7 Å². The van der Waals surface area contributed by atoms with Gasteiger partial charge in [0.2, 0.25) is 0 Å². The van der Waals surface area contributed by atoms with Crippen molar-refractivity contribution >= 4 is 6.08 Å². The van der Waals surface area contributed by atoms with E-state index in [0.717, 1.165) is 5.69 Å². The monoisotopic (exact) mass is 441 g/mol. The highest BCUT2D eigenvalue weighted by molar-refractivity contribution is 5.68. The van der Waals surface area contributed by atoms with Crippen LogP contribution in [0.4, 0.5) is 8.78 Å². The molecule has 0 aliphatic heterocycles. The van der Waals surface area contributed by atoms with Crippen molar-refractivity contribution in [3.05, 3.63) is 54.5 Å². The molecule has 1 aliphatic rings. The van der Waals surface area contributed by atoms with E-state index in [4.69, 9.17) is 4.74 Å². The maximum atomic E-state index is 14.4. The van der Waals surface area contributed by atoms with Crippen molar-refractivity contribution in [2.24, 2.45) is 5.41 Å². The first-order valence-corrected chi connectivity index (χ1v) is 10.4. The lowest BCUT2D eigenvalue weighted by Gasteiger charge is -2.44. The van der Waals surface area contributed by atoms with Crippen LogP contribution in [0.15, 0.2) is 48.7 Å². The number of methoxy groups -OCH3 is 1. The summed E-state index contributed by atoms with van der Waals surface area (Å²) >= 11 is 0. The van der Waals surface area contributed by atoms with Gasteiger partial charge in [0, 0.05) is 49.4 Å². The Morgan fingerprint density at radius 1 is 1.31 bits per heavy atom. The number of hydrogen-bond acceptors (Lipinski definition) is 6. The minimum atomic E-state index is -2.82. The van der Waals surface area contributed by atoms with Gasteiger partial charge in [-0.25, -0.2) is 18.7 Å². The van der Waals surface area contributed by atoms with Crippen molar-refractivity contribution in [2.45, 2.75) is 45.1 Å². The Morgan fingerprint density at radius 2 is 2.12 bits per heavy atom. The summed E-state index contributed by atoms with van der Waals surface area (Å²) in [5, 5.41) is 18.7. The summed E-state index contributed by atoms with van der Waals surface area (Å²) in [4.78, 5) is 8.26. The molecular weight excluding hydrogens is 416 g/mol. The van der Waals surface area contributed by atoms with E-state index in [0.29, 0.717) is 23.3 Å². The van der Waals surface area contributed by atoms with E-state index in [1.165, 1.54) is 19.4 Å². The van der Waals surface area contributed by atoms with Gasteiger partial charge < -0.3 is 14.4 Å². The molecule has 0 unspecified atom stereocenters. The number of nitrogens with zero attached hydrogens (tertiary/aromatic N) is 5. The number of imidazole rings is 1. The molecule has 1 fully saturated rings. The van der Waals surface area contributed by atoms with E-state index in [1.54, 1.807) is 35.4 Å². The number of hydrogen-bond donors (Lipinski definition) is 1. The Morgan fingerprint density at radius 3 is 2.72 bits per heavy atom. The van der Waals surface area contributed by atoms with E-state index in [2.05, 4.69) is 20.2 Å². The maximum absolute atomic E-state index is 14.4. The van der Waals surface area contributed by atoms with E-state index in [9.17, 15) is 13.9 Å². The van der Waals surface area contributed by atoms with Crippen molar-refractivity contribution < 1.29 is 18.6 Å². The zero-order valence-electron chi connectivity index (χ0n) is 18.2. The lowest BCUT2D eigenvalue weighted by atomic mass is 9.67. The molecule has 0 amide bonds. The van der Waals surface area contributed by atoms with Gasteiger partial charge in [-0.3, -0.25) is 0 Å². The predicted molar refractivity (Wildman–Crippen MR) is 115 cm³/mol. The highest BCUT2D eigenvalue weighted by Gasteiger charge is 2.50. The lowest BCUT2D eigenvalue weighted by molar-refractivity contribution is -0.111. The average Bonchev–Trinajstić information content (AvgIpc) is 3.28. The smallest absolute Gasteiger partial charge is 0.252 e. The number of ether oxygens (including phenoxy) is 1. The summed E-state index contributed by atoms with van der Waals surface area (Å²) in [7, 11) is 1.54. The molecule has 2 heterocycles. The van der Waals surface area contributed by atoms with Gasteiger partial charge in [-0.05, 0) is 30.2 Å². The van der Waals surface area contributed by atoms with Crippen molar-refractivity contribution in [1.82, 2.24) is 24.7 Å². The SMILES string of the molecule is CC[C@]1(C)CC(F)(F)C/C(=C/c2ncc(-c3ccc(-n4ccnc4)cc3O)nn2)[C@H]1OC. The second-order valence-electron chi connectivity index (χ2n) is 8.43. The van der Waals surface area contributed by atoms with E-state index >= 15 is 0 Å². The summed E-state index contributed by atoms with van der Waals surface area (Å²) in [5.74, 6) is -2.58. The lowest BCUT2D eigenvalue weighted by Crippen LogP contribution is -2.45. The molecule has 7 nitrogen and oxygen atoms in total. The molecule has 0 bridgehead atoms. The average molecular weight is 441 g/mol. The van der Waals surface area contributed by atoms with E-state index in [-0.39, 0.29) is 18.0 Å². The molecule has 4 rings (SSSR count). The molecule has 1 N–H and O–H groups in total. The van der Waals surface area contributed by atoms with Crippen LogP contribution >= 0.6 is 0 Å². The highest BCUT2D eigenvalue weighted by atomic mass is 19.3. The largest absolute Gasteiger partial charge is 0.507 e. The first-order valence-electron chi connectivity index (χ1n) is 10.4. The minimum absolute atomic E-state index is 0.0171. The van der Waals surface area contributed by atoms with Gasteiger partial charge in [0.25, 0.3) is 5.92 Å². The molecule has 1 aliphatic carbocycles. The van der Waals surface area contributed by atoms with Crippen LogP contribution in [0.5, 0.6) is 5.75 Å². The molecule has 2 aromatic heterocycles. The summed E-state index contributed by atoms with van der Waals surface area (Å²) in [6, 6.07) is 5.12. The fourth-order valence-corrected chi connectivity index (χ4v) is 4.41. The van der Waals surface area contributed by atoms with Gasteiger partial charge >= 0.3 is 0 Å². The summed E-state index contributed by atoms with van der Waals surface area (Å²) < 4.78 is 36.2. The van der Waals surface area contributed by atoms with Gasteiger partial charge in [0.1, 0.15) is 11.4 Å². The van der Waals surface area contributed by atoms with Crippen molar-refractivity contribution in [2.75, 3.05) is 7.11 Å². The number of halogens is 2. The molecule has 0 spiro atoms. The molecule has 168 valence electrons. The van der Waals surface area contributed by atoms with Crippen LogP contribution in [0, 0.1) is 5.41 Å². The quantitative estimate of drug-likeness (QED) is 0.619. The standard InChI is InChI=1S/C23H25F2N5O2/c1-4-22(2)13-23(24,25)11-15(21(22)32-3)9-20-27-12-18(28-29-20)17-6-5-16(10-19(17)31)30-8-7-26-14-30/h5-10,12,14,21,31H,4,11,13H2,1-3H3/b15-9-/t21-,22-/m1/s1. The number of rotatable bonds is 5. The molecule has 0 radical (unpaired) electrons. The van der Waals surface area contributed by atoms with E-state index in [1.807, 2.05) is 19.9 Å². The second-order valence-corrected chi connectivity index (χ2v) is 8.43. The fraction of sp³-hybridized carbons (Fsp3) is 0.391. The summed E-state index contributed by atoms with van der Waals surface area (Å²) in [5.41, 5.74) is 1.35. The number of aromatic hydroxyl groups is 1. The van der Waals surface area contributed by atoms with Crippen molar-refractivity contribution in [1.29, 1.82) is 0 Å². The maximum Gasteiger partial charge on any atom is 0.252 e. The Bertz CT molecular complexity index is 1120. The van der Waals surface area contributed by atoms with Gasteiger partial charge in [0.15, 0.2) is 5.82 Å². The number of alkyl halides is 2. The topological polar surface area (TPSA) is 86.0 Å². The zero-order chi connectivity index (χ0) is 22.9. The highest BCUT2D eigenvalue weighted by Crippen LogP contribution is 2.50. The van der Waals surface area contributed by atoms with E-state index < -0.39 is 23.9 Å². The molecule has 3 aromatic rings. The molecule has 0 saturated heterocycles. The first-order chi connectivity index (χ1) is 15.2. The molecule has 1 aromatic carbocycles. The first kappa shape index (κ1) is 22.0. The van der Waals surface area contributed by atoms with Crippen LogP contribution in [0.3, 0.4) is 0 Å². The normalized spacial score (nSPS) is 24.0. The third-order valence-electron chi connectivity index (χ3n) is 6.09. The summed E-state index contributed by atoms with van der Waals surface area (Å²) in [6.07, 6.45) is 7.53. The van der Waals surface area contributed by atoms with Crippen LogP contribution in [-0.2, 0) is 4.74 Å². The predicted octanol–water partition coefficient (Wildman–Crippen LogP) is 4.67. The van der Waals surface area contributed by atoms with Gasteiger partial charge in [0.05, 0.1) is 24.3 Å². The van der Waals surface area contributed by atoms with Gasteiger partial charge in [-0.15, -0.1) is 10.2 Å². The number of benzene rings is 1. The summed E-state index contributed by atoms with van der Waals surface area (Å²) in [6.45, 7) is 3.71. The number of phenols is 1. The Balaban J connectivity index is 1.62. The fourth-order valence-electron chi connectivity index (χ4n) is 4.41. The molecule has 32 heavy (non-hydrogen) atoms. The number of aromatic nitrogens is 5. The third kappa shape index (κ3) is 4.25. The van der Waals surface area contributed by atoms with Gasteiger partial charge in [-0.2, -0.15) is 0 Å². The molecular formula is C23H25F2N5O2. The van der Waals surface area contributed by atoms with Crippen LogP contribution < -0.4 is 0 Å². The minimum Gasteiger partial charge on any atom is -0.507 e. The second kappa shape index (κ2) is 8.38. The van der Waals surface area contributed by atoms with Gasteiger partial charge in [-0.1, -0.05) is 13.8 Å². The number of phenolic OH excluding ortho intramolecular Hbond substituents is 1. The molecule has 9 heteroatoms.